The summed E-state index contributed by atoms with van der Waals surface area (Å²) in [6.45, 7) is 0.755. The minimum absolute atomic E-state index is 0.104. The van der Waals surface area contributed by atoms with Crippen LogP contribution in [0.25, 0.3) is 0 Å². The topological polar surface area (TPSA) is 148 Å². The summed E-state index contributed by atoms with van der Waals surface area (Å²) in [5.74, 6) is 0. The summed E-state index contributed by atoms with van der Waals surface area (Å²) >= 11 is 0. The Labute approximate surface area is 273 Å². The normalized spacial score (nSPS) is 34.7. The van der Waals surface area contributed by atoms with E-state index in [0.29, 0.717) is 0 Å². The molecule has 2 heterocycles. The van der Waals surface area contributed by atoms with Crippen molar-refractivity contribution >= 4 is 0 Å². The van der Waals surface area contributed by atoms with Crippen molar-refractivity contribution in [3.8, 4) is 0 Å². The molecule has 0 N–H and O–H groups in total. The Morgan fingerprint density at radius 3 is 1.28 bits per heavy atom. The van der Waals surface area contributed by atoms with Gasteiger partial charge in [-0.15, -0.1) is 0 Å². The largest absolute Gasteiger partial charge is 0.382 e. The van der Waals surface area contributed by atoms with Crippen LogP contribution in [0.15, 0.2) is 0 Å². The fourth-order valence-corrected chi connectivity index (χ4v) is 6.23. The van der Waals surface area contributed by atoms with Gasteiger partial charge in [-0.2, -0.15) is 0 Å². The first-order chi connectivity index (χ1) is 22.3. The minimum Gasteiger partial charge on any atom is -0.382 e. The standard InChI is InChI=1S/C30H58O16/c1-31-13-17(35-5)21(36-6)22(37-7)18(14-32-2)44-30-28(26(41-11)24(39-9)20(45-30)16-34-4)46-29-27(42-12)25(40-10)23(38-8)19(43-29)15-33-3/h17-30H,13-16H2,1-12H3/t17?,18?,19?,20-,21?,22?,23?,24-,25?,26+,27?,28+,29?,30+/m1/s1. The van der Waals surface area contributed by atoms with E-state index in [2.05, 4.69) is 0 Å². The molecule has 16 nitrogen and oxygen atoms in total. The molecule has 0 bridgehead atoms. The van der Waals surface area contributed by atoms with E-state index in [4.69, 9.17) is 75.8 Å². The molecule has 2 aliphatic heterocycles. The van der Waals surface area contributed by atoms with Crippen LogP contribution in [0, 0.1) is 0 Å². The highest BCUT2D eigenvalue weighted by atomic mass is 16.8. The van der Waals surface area contributed by atoms with Gasteiger partial charge in [0.2, 0.25) is 0 Å². The van der Waals surface area contributed by atoms with E-state index in [0.717, 1.165) is 0 Å². The molecule has 0 aliphatic carbocycles. The van der Waals surface area contributed by atoms with Crippen molar-refractivity contribution in [2.75, 3.05) is 112 Å². The lowest BCUT2D eigenvalue weighted by atomic mass is 9.96. The zero-order chi connectivity index (χ0) is 34.2. The Bertz CT molecular complexity index is 781. The van der Waals surface area contributed by atoms with Crippen LogP contribution in [-0.2, 0) is 75.8 Å². The van der Waals surface area contributed by atoms with E-state index in [-0.39, 0.29) is 26.4 Å². The van der Waals surface area contributed by atoms with Crippen LogP contribution in [0.2, 0.25) is 0 Å². The second-order valence-electron chi connectivity index (χ2n) is 10.9. The van der Waals surface area contributed by atoms with Gasteiger partial charge in [0, 0.05) is 85.3 Å². The maximum Gasteiger partial charge on any atom is 0.187 e. The summed E-state index contributed by atoms with van der Waals surface area (Å²) in [4.78, 5) is 0. The number of ether oxygens (including phenoxy) is 16. The van der Waals surface area contributed by atoms with E-state index in [1.54, 1.807) is 85.3 Å². The summed E-state index contributed by atoms with van der Waals surface area (Å²) in [5, 5.41) is 0. The molecule has 0 aromatic rings. The first kappa shape index (κ1) is 41.5. The molecule has 16 heteroatoms. The molecule has 0 aromatic heterocycles. The predicted octanol–water partition coefficient (Wildman–Crippen LogP) is -0.0878. The van der Waals surface area contributed by atoms with Crippen molar-refractivity contribution in [2.45, 2.75) is 85.8 Å². The minimum atomic E-state index is -1.07. The van der Waals surface area contributed by atoms with Gasteiger partial charge in [-0.05, 0) is 0 Å². The van der Waals surface area contributed by atoms with Crippen molar-refractivity contribution in [3.05, 3.63) is 0 Å². The third kappa shape index (κ3) is 10.2. The Balaban J connectivity index is 2.56. The highest BCUT2D eigenvalue weighted by molar-refractivity contribution is 4.97. The average Bonchev–Trinajstić information content (AvgIpc) is 3.06. The van der Waals surface area contributed by atoms with Crippen LogP contribution < -0.4 is 0 Å². The van der Waals surface area contributed by atoms with Gasteiger partial charge >= 0.3 is 0 Å². The maximum atomic E-state index is 6.71. The Kier molecular flexibility index (Phi) is 20.0. The fourth-order valence-electron chi connectivity index (χ4n) is 6.23. The second-order valence-corrected chi connectivity index (χ2v) is 10.9. The summed E-state index contributed by atoms with van der Waals surface area (Å²) in [5.41, 5.74) is 0. The van der Waals surface area contributed by atoms with E-state index in [1.165, 1.54) is 0 Å². The number of methoxy groups -OCH3 is 12. The van der Waals surface area contributed by atoms with Crippen LogP contribution in [0.3, 0.4) is 0 Å². The quantitative estimate of drug-likeness (QED) is 0.142. The van der Waals surface area contributed by atoms with Crippen LogP contribution in [0.4, 0.5) is 0 Å². The van der Waals surface area contributed by atoms with E-state index in [9.17, 15) is 0 Å². The Hall–Kier alpha value is -0.640. The Morgan fingerprint density at radius 2 is 0.870 bits per heavy atom. The van der Waals surface area contributed by atoms with Gasteiger partial charge in [-0.3, -0.25) is 0 Å². The lowest BCUT2D eigenvalue weighted by Crippen LogP contribution is -2.66. The SMILES string of the molecule is COCC(OC)C(OC)C(OC)C(COC)O[C@H]1O[C@H](COC)[C@@H](OC)[C@H](OC)[C@@H]1OC1OC(COC)C(OC)C(OC)C1OC. The van der Waals surface area contributed by atoms with Gasteiger partial charge in [-0.25, -0.2) is 0 Å². The number of rotatable bonds is 23. The van der Waals surface area contributed by atoms with Crippen molar-refractivity contribution < 1.29 is 75.8 Å². The zero-order valence-corrected chi connectivity index (χ0v) is 29.4. The van der Waals surface area contributed by atoms with Crippen molar-refractivity contribution in [1.82, 2.24) is 0 Å². The van der Waals surface area contributed by atoms with Crippen LogP contribution >= 0.6 is 0 Å². The van der Waals surface area contributed by atoms with Gasteiger partial charge in [0.1, 0.15) is 73.2 Å². The summed E-state index contributed by atoms with van der Waals surface area (Å²) < 4.78 is 94.9. The first-order valence-corrected chi connectivity index (χ1v) is 15.1. The lowest BCUT2D eigenvalue weighted by Gasteiger charge is -2.50. The average molecular weight is 675 g/mol. The molecular weight excluding hydrogens is 616 g/mol. The van der Waals surface area contributed by atoms with Gasteiger partial charge in [0.15, 0.2) is 12.6 Å². The van der Waals surface area contributed by atoms with E-state index < -0.39 is 85.8 Å². The van der Waals surface area contributed by atoms with Gasteiger partial charge in [-0.1, -0.05) is 0 Å². The van der Waals surface area contributed by atoms with Gasteiger partial charge in [0.25, 0.3) is 0 Å². The molecule has 0 spiro atoms. The first-order valence-electron chi connectivity index (χ1n) is 15.1. The van der Waals surface area contributed by atoms with Crippen molar-refractivity contribution in [1.29, 1.82) is 0 Å². The second kappa shape index (κ2) is 22.2. The molecule has 0 amide bonds. The molecule has 9 unspecified atom stereocenters. The highest BCUT2D eigenvalue weighted by Crippen LogP contribution is 2.35. The van der Waals surface area contributed by atoms with Crippen LogP contribution in [0.5, 0.6) is 0 Å². The summed E-state index contributed by atoms with van der Waals surface area (Å²) in [6, 6.07) is 0. The third-order valence-electron chi connectivity index (χ3n) is 8.37. The molecular formula is C30H58O16. The molecule has 0 radical (unpaired) electrons. The van der Waals surface area contributed by atoms with Crippen molar-refractivity contribution in [2.24, 2.45) is 0 Å². The molecule has 0 saturated carbocycles. The molecule has 2 aliphatic rings. The molecule has 0 aromatic carbocycles. The van der Waals surface area contributed by atoms with Crippen molar-refractivity contribution in [3.63, 3.8) is 0 Å². The predicted molar refractivity (Wildman–Crippen MR) is 161 cm³/mol. The van der Waals surface area contributed by atoms with Crippen LogP contribution in [0.1, 0.15) is 0 Å². The van der Waals surface area contributed by atoms with E-state index >= 15 is 0 Å². The van der Waals surface area contributed by atoms with Gasteiger partial charge < -0.3 is 75.8 Å². The third-order valence-corrected chi connectivity index (χ3v) is 8.37. The van der Waals surface area contributed by atoms with Gasteiger partial charge in [0.05, 0.1) is 26.4 Å². The molecule has 2 saturated heterocycles. The molecule has 14 atom stereocenters. The molecule has 46 heavy (non-hydrogen) atoms. The Morgan fingerprint density at radius 1 is 0.435 bits per heavy atom. The summed E-state index contributed by atoms with van der Waals surface area (Å²) in [7, 11) is 18.8. The summed E-state index contributed by atoms with van der Waals surface area (Å²) in [6.07, 6.45) is -9.76. The zero-order valence-electron chi connectivity index (χ0n) is 29.4. The fraction of sp³-hybridized carbons (Fsp3) is 1.00. The molecule has 274 valence electrons. The maximum absolute atomic E-state index is 6.71. The smallest absolute Gasteiger partial charge is 0.187 e. The number of hydrogen-bond donors (Lipinski definition) is 0. The van der Waals surface area contributed by atoms with E-state index in [1.807, 2.05) is 0 Å². The highest BCUT2D eigenvalue weighted by Gasteiger charge is 2.54. The lowest BCUT2D eigenvalue weighted by molar-refractivity contribution is -0.382. The monoisotopic (exact) mass is 674 g/mol. The molecule has 2 fully saturated rings. The van der Waals surface area contributed by atoms with Crippen LogP contribution in [-0.4, -0.2) is 198 Å². The molecule has 2 rings (SSSR count). The number of hydrogen-bond acceptors (Lipinski definition) is 16.